The molecule has 0 aromatic heterocycles. The fraction of sp³-hybridized carbons (Fsp3) is 0.200. The third kappa shape index (κ3) is 2.94. The van der Waals surface area contributed by atoms with Crippen LogP contribution in [0.25, 0.3) is 6.08 Å². The highest BCUT2D eigenvalue weighted by Crippen LogP contribution is 2.44. The standard InChI is InChI=1S/C25H25N/c1-3-23(20-12-6-4-7-13-20)26-24(21-14-8-5-9-15-21)18-17-22-19(2)11-10-16-25(22)26/h4-18,23-24H,3H2,1-2H3/t23?,24-/m0/s1. The van der Waals surface area contributed by atoms with E-state index < -0.39 is 0 Å². The van der Waals surface area contributed by atoms with Gasteiger partial charge in [0, 0.05) is 11.3 Å². The minimum Gasteiger partial charge on any atom is -0.353 e. The van der Waals surface area contributed by atoms with Gasteiger partial charge in [0.25, 0.3) is 0 Å². The van der Waals surface area contributed by atoms with Gasteiger partial charge < -0.3 is 4.90 Å². The lowest BCUT2D eigenvalue weighted by atomic mass is 9.90. The summed E-state index contributed by atoms with van der Waals surface area (Å²) in [6, 6.07) is 29.0. The smallest absolute Gasteiger partial charge is 0.0736 e. The lowest BCUT2D eigenvalue weighted by Crippen LogP contribution is -2.34. The van der Waals surface area contributed by atoms with Gasteiger partial charge >= 0.3 is 0 Å². The molecule has 0 saturated carbocycles. The molecule has 0 N–H and O–H groups in total. The zero-order valence-corrected chi connectivity index (χ0v) is 15.5. The highest BCUT2D eigenvalue weighted by molar-refractivity contribution is 5.76. The molecule has 2 atom stereocenters. The van der Waals surface area contributed by atoms with Crippen LogP contribution in [0.4, 0.5) is 5.69 Å². The van der Waals surface area contributed by atoms with E-state index in [0.29, 0.717) is 6.04 Å². The van der Waals surface area contributed by atoms with Crippen LogP contribution in [0.15, 0.2) is 84.9 Å². The Hall–Kier alpha value is -2.80. The second-order valence-corrected chi connectivity index (χ2v) is 6.96. The molecule has 4 rings (SSSR count). The Labute approximate surface area is 156 Å². The van der Waals surface area contributed by atoms with Crippen molar-refractivity contribution in [3.8, 4) is 0 Å². The van der Waals surface area contributed by atoms with Crippen LogP contribution in [0.5, 0.6) is 0 Å². The van der Waals surface area contributed by atoms with Crippen LogP contribution in [0, 0.1) is 6.92 Å². The minimum atomic E-state index is 0.246. The molecule has 1 heteroatoms. The first-order valence-corrected chi connectivity index (χ1v) is 9.45. The van der Waals surface area contributed by atoms with E-state index in [-0.39, 0.29) is 6.04 Å². The maximum Gasteiger partial charge on any atom is 0.0736 e. The predicted octanol–water partition coefficient (Wildman–Crippen LogP) is 6.72. The summed E-state index contributed by atoms with van der Waals surface area (Å²) >= 11 is 0. The van der Waals surface area contributed by atoms with Crippen molar-refractivity contribution in [3.63, 3.8) is 0 Å². The van der Waals surface area contributed by atoms with Crippen LogP contribution in [-0.2, 0) is 0 Å². The Morgan fingerprint density at radius 2 is 1.54 bits per heavy atom. The van der Waals surface area contributed by atoms with E-state index in [1.807, 2.05) is 0 Å². The van der Waals surface area contributed by atoms with E-state index in [1.54, 1.807) is 0 Å². The maximum absolute atomic E-state index is 2.60. The molecule has 1 aliphatic rings. The van der Waals surface area contributed by atoms with Gasteiger partial charge in [0.2, 0.25) is 0 Å². The normalized spacial score (nSPS) is 17.0. The molecule has 3 aromatic rings. The van der Waals surface area contributed by atoms with Gasteiger partial charge in [-0.15, -0.1) is 0 Å². The number of benzene rings is 3. The zero-order chi connectivity index (χ0) is 17.9. The fourth-order valence-corrected chi connectivity index (χ4v) is 4.09. The molecule has 1 aliphatic heterocycles. The van der Waals surface area contributed by atoms with E-state index in [9.17, 15) is 0 Å². The van der Waals surface area contributed by atoms with Crippen molar-refractivity contribution in [2.45, 2.75) is 32.4 Å². The van der Waals surface area contributed by atoms with Gasteiger partial charge in [-0.3, -0.25) is 0 Å². The van der Waals surface area contributed by atoms with E-state index in [0.717, 1.165) is 6.42 Å². The minimum absolute atomic E-state index is 0.246. The Kier molecular flexibility index (Phi) is 4.62. The average molecular weight is 339 g/mol. The average Bonchev–Trinajstić information content (AvgIpc) is 2.70. The van der Waals surface area contributed by atoms with Crippen molar-refractivity contribution in [2.75, 3.05) is 4.90 Å². The van der Waals surface area contributed by atoms with Crippen molar-refractivity contribution >= 4 is 11.8 Å². The SMILES string of the molecule is CCC(c1ccccc1)N1c2cccc(C)c2C=C[C@H]1c1ccccc1. The number of nitrogens with zero attached hydrogens (tertiary/aromatic N) is 1. The monoisotopic (exact) mass is 339 g/mol. The first-order valence-electron chi connectivity index (χ1n) is 9.45. The Bertz CT molecular complexity index is 896. The molecule has 1 unspecified atom stereocenters. The van der Waals surface area contributed by atoms with E-state index in [1.165, 1.54) is 27.9 Å². The highest BCUT2D eigenvalue weighted by atomic mass is 15.2. The van der Waals surface area contributed by atoms with Crippen LogP contribution in [-0.4, -0.2) is 0 Å². The number of fused-ring (bicyclic) bond motifs is 1. The Morgan fingerprint density at radius 1 is 0.846 bits per heavy atom. The molecule has 0 fully saturated rings. The van der Waals surface area contributed by atoms with E-state index >= 15 is 0 Å². The molecule has 0 amide bonds. The summed E-state index contributed by atoms with van der Waals surface area (Å²) in [5.74, 6) is 0. The molecule has 0 bridgehead atoms. The molecular weight excluding hydrogens is 314 g/mol. The third-order valence-electron chi connectivity index (χ3n) is 5.37. The number of hydrogen-bond acceptors (Lipinski definition) is 1. The topological polar surface area (TPSA) is 3.24 Å². The quantitative estimate of drug-likeness (QED) is 0.510. The first-order chi connectivity index (χ1) is 12.8. The lowest BCUT2D eigenvalue weighted by molar-refractivity contribution is 0.563. The van der Waals surface area contributed by atoms with Crippen molar-refractivity contribution in [2.24, 2.45) is 0 Å². The molecule has 26 heavy (non-hydrogen) atoms. The summed E-state index contributed by atoms with van der Waals surface area (Å²) in [7, 11) is 0. The van der Waals surface area contributed by atoms with Gasteiger partial charge in [0.15, 0.2) is 0 Å². The zero-order valence-electron chi connectivity index (χ0n) is 15.5. The van der Waals surface area contributed by atoms with Crippen LogP contribution in [0.3, 0.4) is 0 Å². The number of anilines is 1. The largest absolute Gasteiger partial charge is 0.353 e. The van der Waals surface area contributed by atoms with Crippen molar-refractivity contribution in [3.05, 3.63) is 107 Å². The predicted molar refractivity (Wildman–Crippen MR) is 111 cm³/mol. The van der Waals surface area contributed by atoms with Crippen molar-refractivity contribution in [1.29, 1.82) is 0 Å². The summed E-state index contributed by atoms with van der Waals surface area (Å²) in [5, 5.41) is 0. The van der Waals surface area contributed by atoms with Gasteiger partial charge in [-0.2, -0.15) is 0 Å². The van der Waals surface area contributed by atoms with Crippen LogP contribution >= 0.6 is 0 Å². The molecule has 0 saturated heterocycles. The first kappa shape index (κ1) is 16.7. The van der Waals surface area contributed by atoms with Gasteiger partial charge in [-0.05, 0) is 36.1 Å². The Balaban J connectivity index is 1.88. The van der Waals surface area contributed by atoms with E-state index in [2.05, 4.69) is 110 Å². The van der Waals surface area contributed by atoms with Crippen molar-refractivity contribution < 1.29 is 0 Å². The summed E-state index contributed by atoms with van der Waals surface area (Å²) in [5.41, 5.74) is 6.72. The summed E-state index contributed by atoms with van der Waals surface area (Å²) in [4.78, 5) is 2.60. The second kappa shape index (κ2) is 7.21. The van der Waals surface area contributed by atoms with Gasteiger partial charge in [0.05, 0.1) is 12.1 Å². The third-order valence-corrected chi connectivity index (χ3v) is 5.37. The van der Waals surface area contributed by atoms with Gasteiger partial charge in [0.1, 0.15) is 0 Å². The Morgan fingerprint density at radius 3 is 2.23 bits per heavy atom. The maximum atomic E-state index is 2.60. The van der Waals surface area contributed by atoms with Gasteiger partial charge in [-0.1, -0.05) is 91.9 Å². The number of aryl methyl sites for hydroxylation is 1. The molecule has 130 valence electrons. The molecule has 0 spiro atoms. The molecule has 0 aliphatic carbocycles. The fourth-order valence-electron chi connectivity index (χ4n) is 4.09. The molecule has 1 heterocycles. The molecular formula is C25H25N. The molecule has 3 aromatic carbocycles. The van der Waals surface area contributed by atoms with Gasteiger partial charge in [-0.25, -0.2) is 0 Å². The van der Waals surface area contributed by atoms with Crippen LogP contribution < -0.4 is 4.90 Å². The summed E-state index contributed by atoms with van der Waals surface area (Å²) in [6.07, 6.45) is 5.72. The molecule has 1 nitrogen and oxygen atoms in total. The second-order valence-electron chi connectivity index (χ2n) is 6.96. The highest BCUT2D eigenvalue weighted by Gasteiger charge is 2.30. The molecule has 0 radical (unpaired) electrons. The van der Waals surface area contributed by atoms with E-state index in [4.69, 9.17) is 0 Å². The van der Waals surface area contributed by atoms with Crippen molar-refractivity contribution in [1.82, 2.24) is 0 Å². The van der Waals surface area contributed by atoms with Crippen LogP contribution in [0.1, 0.15) is 47.7 Å². The summed E-state index contributed by atoms with van der Waals surface area (Å²) in [6.45, 7) is 4.49. The summed E-state index contributed by atoms with van der Waals surface area (Å²) < 4.78 is 0. The number of hydrogen-bond donors (Lipinski definition) is 0. The van der Waals surface area contributed by atoms with Crippen LogP contribution in [0.2, 0.25) is 0 Å². The number of rotatable bonds is 4. The lowest BCUT2D eigenvalue weighted by Gasteiger charge is -2.42.